The van der Waals surface area contributed by atoms with E-state index in [2.05, 4.69) is 4.98 Å². The van der Waals surface area contributed by atoms with Crippen molar-refractivity contribution in [3.8, 4) is 11.1 Å². The highest BCUT2D eigenvalue weighted by molar-refractivity contribution is 5.88. The van der Waals surface area contributed by atoms with Crippen LogP contribution in [0.25, 0.3) is 22.0 Å². The summed E-state index contributed by atoms with van der Waals surface area (Å²) >= 11 is 0. The van der Waals surface area contributed by atoms with Crippen LogP contribution in [0.1, 0.15) is 5.56 Å². The Morgan fingerprint density at radius 1 is 0.842 bits per heavy atom. The summed E-state index contributed by atoms with van der Waals surface area (Å²) in [7, 11) is 0. The summed E-state index contributed by atoms with van der Waals surface area (Å²) < 4.78 is 38.6. The van der Waals surface area contributed by atoms with E-state index < -0.39 is 11.7 Å². The molecule has 1 aromatic heterocycles. The molecular weight excluding hydrogens is 251 g/mol. The molecule has 0 fully saturated rings. The molecule has 2 aromatic carbocycles. The summed E-state index contributed by atoms with van der Waals surface area (Å²) in [4.78, 5) is 2.65. The largest absolute Gasteiger partial charge is 0.418 e. The van der Waals surface area contributed by atoms with Crippen molar-refractivity contribution in [1.29, 1.82) is 0 Å². The molecule has 4 heteroatoms. The first-order chi connectivity index (χ1) is 9.05. The molecule has 0 amide bonds. The SMILES string of the molecule is FC(F)(F)c1c[nH]c2ccc(-c3ccccc3)cc12. The quantitative estimate of drug-likeness (QED) is 0.644. The van der Waals surface area contributed by atoms with Gasteiger partial charge in [-0.15, -0.1) is 0 Å². The fourth-order valence-corrected chi connectivity index (χ4v) is 2.17. The molecule has 0 radical (unpaired) electrons. The van der Waals surface area contributed by atoms with Gasteiger partial charge in [-0.2, -0.15) is 13.2 Å². The van der Waals surface area contributed by atoms with Gasteiger partial charge >= 0.3 is 6.18 Å². The molecule has 1 nitrogen and oxygen atoms in total. The fourth-order valence-electron chi connectivity index (χ4n) is 2.17. The van der Waals surface area contributed by atoms with Crippen molar-refractivity contribution >= 4 is 10.9 Å². The fraction of sp³-hybridized carbons (Fsp3) is 0.0667. The maximum Gasteiger partial charge on any atom is 0.418 e. The number of nitrogens with one attached hydrogen (secondary N) is 1. The molecule has 19 heavy (non-hydrogen) atoms. The first-order valence-corrected chi connectivity index (χ1v) is 5.79. The topological polar surface area (TPSA) is 15.8 Å². The highest BCUT2D eigenvalue weighted by Crippen LogP contribution is 2.36. The van der Waals surface area contributed by atoms with E-state index >= 15 is 0 Å². The van der Waals surface area contributed by atoms with Crippen molar-refractivity contribution in [2.75, 3.05) is 0 Å². The highest BCUT2D eigenvalue weighted by atomic mass is 19.4. The zero-order valence-electron chi connectivity index (χ0n) is 9.83. The van der Waals surface area contributed by atoms with Crippen LogP contribution >= 0.6 is 0 Å². The minimum Gasteiger partial charge on any atom is -0.361 e. The van der Waals surface area contributed by atoms with Gasteiger partial charge in [-0.25, -0.2) is 0 Å². The number of hydrogen-bond acceptors (Lipinski definition) is 0. The van der Waals surface area contributed by atoms with Crippen LogP contribution in [0.3, 0.4) is 0 Å². The Hall–Kier alpha value is -2.23. The molecule has 0 spiro atoms. The van der Waals surface area contributed by atoms with Crippen LogP contribution in [0.5, 0.6) is 0 Å². The van der Waals surface area contributed by atoms with Crippen molar-refractivity contribution in [2.24, 2.45) is 0 Å². The zero-order valence-corrected chi connectivity index (χ0v) is 9.83. The second-order valence-corrected chi connectivity index (χ2v) is 4.33. The van der Waals surface area contributed by atoms with E-state index in [1.54, 1.807) is 12.1 Å². The summed E-state index contributed by atoms with van der Waals surface area (Å²) in [6.07, 6.45) is -3.33. The summed E-state index contributed by atoms with van der Waals surface area (Å²) in [5.74, 6) is 0. The first kappa shape index (κ1) is 11.8. The van der Waals surface area contributed by atoms with Gasteiger partial charge in [0.05, 0.1) is 5.56 Å². The van der Waals surface area contributed by atoms with E-state index in [-0.39, 0.29) is 5.39 Å². The smallest absolute Gasteiger partial charge is 0.361 e. The van der Waals surface area contributed by atoms with Crippen molar-refractivity contribution < 1.29 is 13.2 Å². The van der Waals surface area contributed by atoms with Gasteiger partial charge in [-0.05, 0) is 23.3 Å². The maximum atomic E-state index is 12.9. The molecule has 0 bridgehead atoms. The van der Waals surface area contributed by atoms with Crippen LogP contribution in [-0.4, -0.2) is 4.98 Å². The predicted molar refractivity (Wildman–Crippen MR) is 68.7 cm³/mol. The van der Waals surface area contributed by atoms with Gasteiger partial charge in [-0.3, -0.25) is 0 Å². The molecule has 0 saturated heterocycles. The number of aromatic nitrogens is 1. The Labute approximate surface area is 107 Å². The molecule has 3 aromatic rings. The van der Waals surface area contributed by atoms with Gasteiger partial charge in [0.2, 0.25) is 0 Å². The van der Waals surface area contributed by atoms with Gasteiger partial charge in [0.25, 0.3) is 0 Å². The average molecular weight is 261 g/mol. The lowest BCUT2D eigenvalue weighted by Crippen LogP contribution is -2.03. The van der Waals surface area contributed by atoms with E-state index in [0.29, 0.717) is 5.52 Å². The van der Waals surface area contributed by atoms with Gasteiger partial charge in [0, 0.05) is 17.1 Å². The number of alkyl halides is 3. The molecule has 0 aliphatic carbocycles. The maximum absolute atomic E-state index is 12.9. The molecule has 1 N–H and O–H groups in total. The van der Waals surface area contributed by atoms with Crippen molar-refractivity contribution in [3.63, 3.8) is 0 Å². The number of aromatic amines is 1. The molecular formula is C15H10F3N. The Bertz CT molecular complexity index is 711. The predicted octanol–water partition coefficient (Wildman–Crippen LogP) is 4.85. The number of rotatable bonds is 1. The Kier molecular flexibility index (Phi) is 2.59. The van der Waals surface area contributed by atoms with Gasteiger partial charge in [0.15, 0.2) is 0 Å². The number of halogens is 3. The molecule has 96 valence electrons. The van der Waals surface area contributed by atoms with Crippen LogP contribution in [0.4, 0.5) is 13.2 Å². The van der Waals surface area contributed by atoms with E-state index in [0.717, 1.165) is 17.3 Å². The second kappa shape index (κ2) is 4.16. The Balaban J connectivity index is 2.20. The summed E-state index contributed by atoms with van der Waals surface area (Å²) in [6, 6.07) is 14.4. The van der Waals surface area contributed by atoms with Crippen LogP contribution in [0, 0.1) is 0 Å². The first-order valence-electron chi connectivity index (χ1n) is 5.79. The van der Waals surface area contributed by atoms with Crippen LogP contribution in [-0.2, 0) is 6.18 Å². The minimum absolute atomic E-state index is 0.203. The van der Waals surface area contributed by atoms with E-state index in [4.69, 9.17) is 0 Å². The summed E-state index contributed by atoms with van der Waals surface area (Å²) in [5.41, 5.74) is 1.55. The second-order valence-electron chi connectivity index (χ2n) is 4.33. The third-order valence-corrected chi connectivity index (χ3v) is 3.09. The third-order valence-electron chi connectivity index (χ3n) is 3.09. The number of fused-ring (bicyclic) bond motifs is 1. The molecule has 0 unspecified atom stereocenters. The standard InChI is InChI=1S/C15H10F3N/c16-15(17,18)13-9-19-14-7-6-11(8-12(13)14)10-4-2-1-3-5-10/h1-9,19H. The number of benzene rings is 2. The Morgan fingerprint density at radius 2 is 1.58 bits per heavy atom. The summed E-state index contributed by atoms with van der Waals surface area (Å²) in [6.45, 7) is 0. The average Bonchev–Trinajstić information content (AvgIpc) is 2.82. The lowest BCUT2D eigenvalue weighted by molar-refractivity contribution is -0.136. The van der Waals surface area contributed by atoms with E-state index in [1.807, 2.05) is 36.4 Å². The lowest BCUT2D eigenvalue weighted by Gasteiger charge is -2.06. The van der Waals surface area contributed by atoms with Crippen molar-refractivity contribution in [1.82, 2.24) is 4.98 Å². The third kappa shape index (κ3) is 2.10. The monoisotopic (exact) mass is 261 g/mol. The highest BCUT2D eigenvalue weighted by Gasteiger charge is 2.33. The van der Waals surface area contributed by atoms with Gasteiger partial charge in [0.1, 0.15) is 0 Å². The molecule has 0 atom stereocenters. The van der Waals surface area contributed by atoms with Crippen LogP contribution in [0.15, 0.2) is 54.7 Å². The molecule has 0 saturated carbocycles. The number of H-pyrrole nitrogens is 1. The van der Waals surface area contributed by atoms with E-state index in [1.165, 1.54) is 0 Å². The molecule has 0 aliphatic heterocycles. The van der Waals surface area contributed by atoms with E-state index in [9.17, 15) is 13.2 Å². The van der Waals surface area contributed by atoms with Gasteiger partial charge < -0.3 is 4.98 Å². The molecule has 3 rings (SSSR count). The summed E-state index contributed by atoms with van der Waals surface area (Å²) in [5, 5.41) is 0.203. The van der Waals surface area contributed by atoms with Gasteiger partial charge in [-0.1, -0.05) is 36.4 Å². The van der Waals surface area contributed by atoms with Crippen LogP contribution in [0.2, 0.25) is 0 Å². The number of hydrogen-bond donors (Lipinski definition) is 1. The van der Waals surface area contributed by atoms with Crippen LogP contribution < -0.4 is 0 Å². The van der Waals surface area contributed by atoms with Crippen molar-refractivity contribution in [3.05, 3.63) is 60.3 Å². The lowest BCUT2D eigenvalue weighted by atomic mass is 10.0. The Morgan fingerprint density at radius 3 is 2.26 bits per heavy atom. The molecule has 1 heterocycles. The minimum atomic E-state index is -4.34. The van der Waals surface area contributed by atoms with Crippen molar-refractivity contribution in [2.45, 2.75) is 6.18 Å². The zero-order chi connectivity index (χ0) is 13.5. The normalized spacial score (nSPS) is 11.9. The molecule has 0 aliphatic rings.